The van der Waals surface area contributed by atoms with Crippen molar-refractivity contribution < 1.29 is 28.4 Å². The van der Waals surface area contributed by atoms with E-state index in [0.29, 0.717) is 49.2 Å². The number of quaternary nitrogens is 1. The molecule has 2 aliphatic rings. The minimum atomic E-state index is -0.555. The molecular weight excluding hydrogens is 339 g/mol. The molecule has 0 saturated heterocycles. The number of rotatable bonds is 4. The normalized spacial score (nSPS) is 16.6. The quantitative estimate of drug-likeness (QED) is 0.823. The molecule has 0 spiro atoms. The molecule has 7 heteroatoms. The number of Topliss-reactive ketones (excluding diaryl/α,β-unsaturated/α-hetero) is 1. The summed E-state index contributed by atoms with van der Waals surface area (Å²) in [5.41, 5.74) is 1.83. The predicted molar refractivity (Wildman–Crippen MR) is 91.1 cm³/mol. The first-order valence-corrected chi connectivity index (χ1v) is 8.38. The summed E-state index contributed by atoms with van der Waals surface area (Å²) in [5, 5.41) is 0. The summed E-state index contributed by atoms with van der Waals surface area (Å²) in [4.78, 5) is 27.2. The number of ether oxygens (including phenoxy) is 2. The van der Waals surface area contributed by atoms with Crippen molar-refractivity contribution in [3.05, 3.63) is 53.3 Å². The number of fused-ring (bicyclic) bond motifs is 2. The number of benzene rings is 2. The van der Waals surface area contributed by atoms with Gasteiger partial charge in [0, 0.05) is 11.6 Å². The lowest BCUT2D eigenvalue weighted by Crippen LogP contribution is -3.09. The van der Waals surface area contributed by atoms with E-state index in [1.807, 2.05) is 7.05 Å². The molecule has 1 amide bonds. The Morgan fingerprint density at radius 2 is 1.73 bits per heavy atom. The van der Waals surface area contributed by atoms with Gasteiger partial charge in [0.25, 0.3) is 5.78 Å². The Kier molecular flexibility index (Phi) is 4.08. The topological polar surface area (TPSA) is 60.3 Å². The van der Waals surface area contributed by atoms with Crippen molar-refractivity contribution in [2.24, 2.45) is 0 Å². The lowest BCUT2D eigenvalue weighted by atomic mass is 10.1. The number of carbonyl (C=O) groups excluding carboxylic acids is 2. The zero-order valence-corrected chi connectivity index (χ0v) is 14.3. The second kappa shape index (κ2) is 6.42. The Morgan fingerprint density at radius 1 is 1.08 bits per heavy atom. The fourth-order valence-electron chi connectivity index (χ4n) is 3.26. The number of hydrogen-bond acceptors (Lipinski definition) is 4. The maximum atomic E-state index is 13.0. The van der Waals surface area contributed by atoms with Crippen molar-refractivity contribution in [3.63, 3.8) is 0 Å². The molecule has 26 heavy (non-hydrogen) atoms. The molecule has 2 aromatic carbocycles. The largest absolute Gasteiger partial charge is 0.486 e. The Bertz CT molecular complexity index is 882. The van der Waals surface area contributed by atoms with E-state index in [1.165, 1.54) is 17.0 Å². The number of anilines is 1. The summed E-state index contributed by atoms with van der Waals surface area (Å²) < 4.78 is 24.1. The third-order valence-corrected chi connectivity index (χ3v) is 4.48. The molecule has 134 valence electrons. The van der Waals surface area contributed by atoms with Gasteiger partial charge in [0.15, 0.2) is 18.2 Å². The molecule has 2 aliphatic heterocycles. The molecule has 0 saturated carbocycles. The predicted octanol–water partition coefficient (Wildman–Crippen LogP) is 0.799. The van der Waals surface area contributed by atoms with Gasteiger partial charge in [-0.1, -0.05) is 12.1 Å². The van der Waals surface area contributed by atoms with Crippen LogP contribution < -0.4 is 19.3 Å². The number of halogens is 1. The minimum absolute atomic E-state index is 0.285. The van der Waals surface area contributed by atoms with Crippen LogP contribution in [0.2, 0.25) is 0 Å². The van der Waals surface area contributed by atoms with Gasteiger partial charge in [-0.2, -0.15) is 0 Å². The maximum absolute atomic E-state index is 13.0. The van der Waals surface area contributed by atoms with E-state index in [9.17, 15) is 14.0 Å². The molecule has 0 bridgehead atoms. The van der Waals surface area contributed by atoms with Crippen LogP contribution in [0.3, 0.4) is 0 Å². The van der Waals surface area contributed by atoms with Gasteiger partial charge in [-0.25, -0.2) is 4.39 Å². The van der Waals surface area contributed by atoms with E-state index in [0.717, 1.165) is 10.5 Å². The number of ketones is 1. The van der Waals surface area contributed by atoms with Gasteiger partial charge < -0.3 is 14.4 Å². The van der Waals surface area contributed by atoms with Gasteiger partial charge in [-0.15, -0.1) is 0 Å². The van der Waals surface area contributed by atoms with Gasteiger partial charge in [0.05, 0.1) is 18.3 Å². The van der Waals surface area contributed by atoms with Crippen molar-refractivity contribution in [3.8, 4) is 11.5 Å². The molecule has 2 heterocycles. The summed E-state index contributed by atoms with van der Waals surface area (Å²) in [6.45, 7) is 1.76. The van der Waals surface area contributed by atoms with E-state index in [4.69, 9.17) is 9.47 Å². The zero-order chi connectivity index (χ0) is 18.3. The highest BCUT2D eigenvalue weighted by Gasteiger charge is 2.39. The fourth-order valence-corrected chi connectivity index (χ4v) is 3.26. The summed E-state index contributed by atoms with van der Waals surface area (Å²) in [7, 11) is 1.91. The molecule has 0 aliphatic carbocycles. The van der Waals surface area contributed by atoms with Crippen molar-refractivity contribution in [1.29, 1.82) is 0 Å². The molecule has 0 radical (unpaired) electrons. The lowest BCUT2D eigenvalue weighted by molar-refractivity contribution is -0.892. The average molecular weight is 357 g/mol. The number of carbonyl (C=O) groups is 2. The van der Waals surface area contributed by atoms with Gasteiger partial charge in [0.2, 0.25) is 0 Å². The molecule has 0 fully saturated rings. The van der Waals surface area contributed by atoms with E-state index in [2.05, 4.69) is 0 Å². The molecular formula is C19H18FN2O4+. The van der Waals surface area contributed by atoms with Crippen LogP contribution in [0.25, 0.3) is 0 Å². The number of nitrogens with zero attached hydrogens (tertiary/aromatic N) is 1. The second-order valence-electron chi connectivity index (χ2n) is 6.49. The van der Waals surface area contributed by atoms with Crippen molar-refractivity contribution in [2.75, 3.05) is 31.8 Å². The summed E-state index contributed by atoms with van der Waals surface area (Å²) in [6, 6.07) is 9.52. The average Bonchev–Trinajstić information content (AvgIpc) is 2.86. The molecule has 2 aromatic rings. The maximum Gasteiger partial charge on any atom is 0.303 e. The van der Waals surface area contributed by atoms with Crippen LogP contribution in [0.15, 0.2) is 36.4 Å². The molecule has 6 nitrogen and oxygen atoms in total. The van der Waals surface area contributed by atoms with Crippen LogP contribution in [0.1, 0.15) is 15.9 Å². The van der Waals surface area contributed by atoms with Crippen LogP contribution >= 0.6 is 0 Å². The highest BCUT2D eigenvalue weighted by Crippen LogP contribution is 2.40. The number of nitrogens with one attached hydrogen (secondary N) is 1. The van der Waals surface area contributed by atoms with Crippen molar-refractivity contribution in [1.82, 2.24) is 0 Å². The highest BCUT2D eigenvalue weighted by molar-refractivity contribution is 6.52. The Morgan fingerprint density at radius 3 is 2.42 bits per heavy atom. The van der Waals surface area contributed by atoms with Crippen LogP contribution in [0.4, 0.5) is 10.1 Å². The van der Waals surface area contributed by atoms with Crippen LogP contribution in [-0.4, -0.2) is 38.6 Å². The molecule has 1 unspecified atom stereocenters. The van der Waals surface area contributed by atoms with E-state index in [1.54, 1.807) is 24.3 Å². The third-order valence-electron chi connectivity index (χ3n) is 4.48. The summed E-state index contributed by atoms with van der Waals surface area (Å²) in [6.07, 6.45) is 0. The number of hydrogen-bond donors (Lipinski definition) is 1. The monoisotopic (exact) mass is 357 g/mol. The lowest BCUT2D eigenvalue weighted by Gasteiger charge is -2.23. The smallest absolute Gasteiger partial charge is 0.303 e. The molecule has 1 atom stereocenters. The van der Waals surface area contributed by atoms with Crippen LogP contribution in [-0.2, 0) is 11.3 Å². The summed E-state index contributed by atoms with van der Waals surface area (Å²) in [5.74, 6) is -0.344. The van der Waals surface area contributed by atoms with E-state index >= 15 is 0 Å². The number of amides is 1. The SMILES string of the molecule is C[NH+](Cc1ccc(F)cc1)CN1C(=O)C(=O)c2cc3c(cc21)OCCO3. The van der Waals surface area contributed by atoms with Gasteiger partial charge in [-0.05, 0) is 18.2 Å². The fraction of sp³-hybridized carbons (Fsp3) is 0.263. The first-order valence-electron chi connectivity index (χ1n) is 8.38. The first-order chi connectivity index (χ1) is 12.5. The summed E-state index contributed by atoms with van der Waals surface area (Å²) >= 11 is 0. The molecule has 0 aromatic heterocycles. The molecule has 4 rings (SSSR count). The molecule has 1 N–H and O–H groups in total. The Labute approximate surface area is 149 Å². The van der Waals surface area contributed by atoms with Crippen LogP contribution in [0.5, 0.6) is 11.5 Å². The highest BCUT2D eigenvalue weighted by atomic mass is 19.1. The van der Waals surface area contributed by atoms with Gasteiger partial charge in [0.1, 0.15) is 25.6 Å². The standard InChI is InChI=1S/C19H17FN2O4/c1-21(10-12-2-4-13(20)5-3-12)11-22-15-9-17-16(25-6-7-26-17)8-14(15)18(23)19(22)24/h2-5,8-9H,6-7,10-11H2,1H3/p+1. The Balaban J connectivity index is 1.56. The van der Waals surface area contributed by atoms with E-state index < -0.39 is 11.7 Å². The minimum Gasteiger partial charge on any atom is -0.486 e. The Hall–Kier alpha value is -2.93. The van der Waals surface area contributed by atoms with Crippen LogP contribution in [0, 0.1) is 5.82 Å². The van der Waals surface area contributed by atoms with Gasteiger partial charge >= 0.3 is 5.91 Å². The van der Waals surface area contributed by atoms with Crippen molar-refractivity contribution >= 4 is 17.4 Å². The van der Waals surface area contributed by atoms with Gasteiger partial charge in [-0.3, -0.25) is 14.5 Å². The first kappa shape index (κ1) is 16.5. The zero-order valence-electron chi connectivity index (χ0n) is 14.3. The third kappa shape index (κ3) is 2.90. The van der Waals surface area contributed by atoms with Crippen molar-refractivity contribution in [2.45, 2.75) is 6.54 Å². The second-order valence-corrected chi connectivity index (χ2v) is 6.49. The van der Waals surface area contributed by atoms with E-state index in [-0.39, 0.29) is 5.82 Å².